The Morgan fingerprint density at radius 3 is 2.33 bits per heavy atom. The predicted molar refractivity (Wildman–Crippen MR) is 85.9 cm³/mol. The van der Waals surface area contributed by atoms with Crippen molar-refractivity contribution in [2.45, 2.75) is 59.0 Å². The van der Waals surface area contributed by atoms with E-state index in [1.54, 1.807) is 0 Å². The molecular formula is C19H28O2. The summed E-state index contributed by atoms with van der Waals surface area (Å²) in [5, 5.41) is 10.8. The molecule has 116 valence electrons. The number of benzene rings is 1. The number of rotatable bonds is 3. The average Bonchev–Trinajstić information content (AvgIpc) is 2.41. The zero-order chi connectivity index (χ0) is 15.7. The number of Topliss-reactive ketones (excluding diaryl/α,β-unsaturated/α-hetero) is 1. The molecule has 3 atom stereocenters. The monoisotopic (exact) mass is 288 g/mol. The normalized spacial score (nSPS) is 26.4. The fourth-order valence-corrected chi connectivity index (χ4v) is 3.49. The van der Waals surface area contributed by atoms with Gasteiger partial charge in [0.25, 0.3) is 0 Å². The van der Waals surface area contributed by atoms with Crippen molar-refractivity contribution >= 4 is 5.78 Å². The highest BCUT2D eigenvalue weighted by Gasteiger charge is 2.38. The molecule has 1 aliphatic rings. The van der Waals surface area contributed by atoms with E-state index in [-0.39, 0.29) is 11.3 Å². The highest BCUT2D eigenvalue weighted by Crippen LogP contribution is 2.42. The van der Waals surface area contributed by atoms with E-state index in [9.17, 15) is 9.90 Å². The molecule has 2 rings (SSSR count). The highest BCUT2D eigenvalue weighted by molar-refractivity contribution is 5.81. The molecule has 0 heterocycles. The number of aliphatic hydroxyl groups is 1. The molecule has 21 heavy (non-hydrogen) atoms. The molecule has 0 saturated heterocycles. The molecular weight excluding hydrogens is 260 g/mol. The van der Waals surface area contributed by atoms with Gasteiger partial charge in [-0.05, 0) is 43.1 Å². The molecule has 1 aliphatic carbocycles. The second kappa shape index (κ2) is 5.92. The Hall–Kier alpha value is -1.15. The number of hydrogen-bond donors (Lipinski definition) is 1. The van der Waals surface area contributed by atoms with Crippen LogP contribution in [0.5, 0.6) is 0 Å². The van der Waals surface area contributed by atoms with Gasteiger partial charge >= 0.3 is 0 Å². The Balaban J connectivity index is 2.11. The zero-order valence-electron chi connectivity index (χ0n) is 13.7. The van der Waals surface area contributed by atoms with Crippen molar-refractivity contribution in [2.24, 2.45) is 17.3 Å². The van der Waals surface area contributed by atoms with Crippen LogP contribution in [-0.4, -0.2) is 10.9 Å². The van der Waals surface area contributed by atoms with Crippen molar-refractivity contribution in [3.63, 3.8) is 0 Å². The maximum Gasteiger partial charge on any atom is 0.136 e. The first-order valence-corrected chi connectivity index (χ1v) is 8.01. The number of carbonyl (C=O) groups excluding carboxylic acids is 1. The average molecular weight is 288 g/mol. The first-order valence-electron chi connectivity index (χ1n) is 8.01. The quantitative estimate of drug-likeness (QED) is 0.899. The molecule has 3 unspecified atom stereocenters. The summed E-state index contributed by atoms with van der Waals surface area (Å²) in [4.78, 5) is 12.3. The Bertz CT molecular complexity index is 482. The predicted octanol–water partition coefficient (Wildman–Crippen LogP) is 4.32. The van der Waals surface area contributed by atoms with Crippen LogP contribution in [0.2, 0.25) is 0 Å². The SMILES string of the molecule is CC(O)(CC1CC(C(C)(C)C)CCC1=O)c1ccccc1. The molecule has 1 N–H and O–H groups in total. The van der Waals surface area contributed by atoms with Crippen molar-refractivity contribution in [3.05, 3.63) is 35.9 Å². The molecule has 2 heteroatoms. The lowest BCUT2D eigenvalue weighted by Crippen LogP contribution is -2.36. The number of carbonyl (C=O) groups is 1. The Morgan fingerprint density at radius 1 is 1.14 bits per heavy atom. The van der Waals surface area contributed by atoms with Crippen molar-refractivity contribution in [1.29, 1.82) is 0 Å². The van der Waals surface area contributed by atoms with E-state index in [0.717, 1.165) is 18.4 Å². The maximum absolute atomic E-state index is 12.3. The third-order valence-electron chi connectivity index (χ3n) is 5.03. The summed E-state index contributed by atoms with van der Waals surface area (Å²) >= 11 is 0. The van der Waals surface area contributed by atoms with Gasteiger partial charge in [0.15, 0.2) is 0 Å². The van der Waals surface area contributed by atoms with E-state index in [2.05, 4.69) is 20.8 Å². The van der Waals surface area contributed by atoms with Crippen LogP contribution in [0.1, 0.15) is 58.9 Å². The van der Waals surface area contributed by atoms with Crippen molar-refractivity contribution in [2.75, 3.05) is 0 Å². The summed E-state index contributed by atoms with van der Waals surface area (Å²) in [7, 11) is 0. The third-order valence-corrected chi connectivity index (χ3v) is 5.03. The van der Waals surface area contributed by atoms with Crippen LogP contribution < -0.4 is 0 Å². The van der Waals surface area contributed by atoms with Crippen molar-refractivity contribution in [3.8, 4) is 0 Å². The largest absolute Gasteiger partial charge is 0.385 e. The smallest absolute Gasteiger partial charge is 0.136 e. The third kappa shape index (κ3) is 3.94. The van der Waals surface area contributed by atoms with E-state index in [4.69, 9.17) is 0 Å². The molecule has 1 saturated carbocycles. The minimum Gasteiger partial charge on any atom is -0.385 e. The first kappa shape index (κ1) is 16.2. The van der Waals surface area contributed by atoms with Gasteiger partial charge in [-0.3, -0.25) is 4.79 Å². The molecule has 1 fully saturated rings. The van der Waals surface area contributed by atoms with E-state index in [1.165, 1.54) is 0 Å². The second-order valence-electron chi connectivity index (χ2n) is 7.84. The number of ketones is 1. The Morgan fingerprint density at radius 2 is 1.76 bits per heavy atom. The van der Waals surface area contributed by atoms with Gasteiger partial charge in [0.05, 0.1) is 5.60 Å². The van der Waals surface area contributed by atoms with Crippen LogP contribution in [0.25, 0.3) is 0 Å². The van der Waals surface area contributed by atoms with Crippen molar-refractivity contribution < 1.29 is 9.90 Å². The van der Waals surface area contributed by atoms with Gasteiger partial charge in [-0.2, -0.15) is 0 Å². The van der Waals surface area contributed by atoms with E-state index in [1.807, 2.05) is 37.3 Å². The van der Waals surface area contributed by atoms with Crippen molar-refractivity contribution in [1.82, 2.24) is 0 Å². The van der Waals surface area contributed by atoms with Crippen LogP contribution >= 0.6 is 0 Å². The van der Waals surface area contributed by atoms with Gasteiger partial charge in [-0.25, -0.2) is 0 Å². The molecule has 1 aromatic carbocycles. The van der Waals surface area contributed by atoms with Gasteiger partial charge in [0.2, 0.25) is 0 Å². The summed E-state index contributed by atoms with van der Waals surface area (Å²) in [6.45, 7) is 8.58. The molecule has 2 nitrogen and oxygen atoms in total. The fourth-order valence-electron chi connectivity index (χ4n) is 3.49. The zero-order valence-corrected chi connectivity index (χ0v) is 13.7. The first-order chi connectivity index (χ1) is 9.70. The minimum absolute atomic E-state index is 0.0156. The highest BCUT2D eigenvalue weighted by atomic mass is 16.3. The maximum atomic E-state index is 12.3. The summed E-state index contributed by atoms with van der Waals surface area (Å²) in [6.07, 6.45) is 3.09. The van der Waals surface area contributed by atoms with Crippen LogP contribution in [0.15, 0.2) is 30.3 Å². The van der Waals surface area contributed by atoms with Gasteiger partial charge in [0, 0.05) is 12.3 Å². The van der Waals surface area contributed by atoms with E-state index < -0.39 is 5.60 Å². The summed E-state index contributed by atoms with van der Waals surface area (Å²) in [5.74, 6) is 0.872. The molecule has 0 radical (unpaired) electrons. The van der Waals surface area contributed by atoms with Crippen LogP contribution in [0, 0.1) is 17.3 Å². The molecule has 0 bridgehead atoms. The second-order valence-corrected chi connectivity index (χ2v) is 7.84. The Labute approximate surface area is 128 Å². The molecule has 0 aromatic heterocycles. The summed E-state index contributed by atoms with van der Waals surface area (Å²) in [6, 6.07) is 9.69. The molecule has 1 aromatic rings. The standard InChI is InChI=1S/C19H28O2/c1-18(2,3)16-10-11-17(20)14(12-16)13-19(4,21)15-8-6-5-7-9-15/h5-9,14,16,21H,10-13H2,1-4H3. The number of hydrogen-bond acceptors (Lipinski definition) is 2. The Kier molecular flexibility index (Phi) is 4.57. The van der Waals surface area contributed by atoms with Crippen LogP contribution in [0.3, 0.4) is 0 Å². The minimum atomic E-state index is -0.929. The topological polar surface area (TPSA) is 37.3 Å². The summed E-state index contributed by atoms with van der Waals surface area (Å²) < 4.78 is 0. The fraction of sp³-hybridized carbons (Fsp3) is 0.632. The van der Waals surface area contributed by atoms with Crippen LogP contribution in [0.4, 0.5) is 0 Å². The van der Waals surface area contributed by atoms with Crippen LogP contribution in [-0.2, 0) is 10.4 Å². The molecule has 0 amide bonds. The van der Waals surface area contributed by atoms with Gasteiger partial charge in [-0.15, -0.1) is 0 Å². The van der Waals surface area contributed by atoms with Gasteiger partial charge in [0.1, 0.15) is 5.78 Å². The lowest BCUT2D eigenvalue weighted by atomic mass is 9.66. The molecule has 0 aliphatic heterocycles. The van der Waals surface area contributed by atoms with E-state index in [0.29, 0.717) is 24.5 Å². The van der Waals surface area contributed by atoms with Gasteiger partial charge < -0.3 is 5.11 Å². The molecule has 0 spiro atoms. The lowest BCUT2D eigenvalue weighted by molar-refractivity contribution is -0.129. The van der Waals surface area contributed by atoms with E-state index >= 15 is 0 Å². The lowest BCUT2D eigenvalue weighted by Gasteiger charge is -2.39. The summed E-state index contributed by atoms with van der Waals surface area (Å²) in [5.41, 5.74) is 0.203. The van der Waals surface area contributed by atoms with Gasteiger partial charge in [-0.1, -0.05) is 51.1 Å².